The Balaban J connectivity index is 1.64. The van der Waals surface area contributed by atoms with E-state index in [1.54, 1.807) is 12.1 Å². The largest absolute Gasteiger partial charge is 0.358 e. The number of ether oxygens (including phenoxy) is 1. The van der Waals surface area contributed by atoms with E-state index >= 15 is 0 Å². The van der Waals surface area contributed by atoms with Crippen LogP contribution in [0.5, 0.6) is 0 Å². The van der Waals surface area contributed by atoms with Gasteiger partial charge in [0.05, 0.1) is 18.1 Å². The van der Waals surface area contributed by atoms with Crippen molar-refractivity contribution in [1.29, 1.82) is 0 Å². The van der Waals surface area contributed by atoms with Gasteiger partial charge < -0.3 is 4.74 Å². The molecule has 168 valence electrons. The van der Waals surface area contributed by atoms with Crippen molar-refractivity contribution in [3.63, 3.8) is 0 Å². The number of halogens is 1. The topological polar surface area (TPSA) is 52.6 Å². The standard InChI is InChI=1S/C27H23BrO4S/c28-25-16-18-26(19-17-25)33(29,30)32-21-20-31-27(22-10-4-1-5-11-22,23-12-6-2-7-13-23)24-14-8-3-9-15-24/h1-19H,20-21H2. The fraction of sp³-hybridized carbons (Fsp3) is 0.111. The van der Waals surface area contributed by atoms with Gasteiger partial charge in [0.1, 0.15) is 5.60 Å². The highest BCUT2D eigenvalue weighted by atomic mass is 79.9. The van der Waals surface area contributed by atoms with Crippen molar-refractivity contribution in [2.75, 3.05) is 13.2 Å². The van der Waals surface area contributed by atoms with Gasteiger partial charge in [-0.15, -0.1) is 0 Å². The van der Waals surface area contributed by atoms with Gasteiger partial charge in [-0.3, -0.25) is 4.18 Å². The van der Waals surface area contributed by atoms with Gasteiger partial charge in [-0.2, -0.15) is 8.42 Å². The zero-order chi connectivity index (χ0) is 23.2. The van der Waals surface area contributed by atoms with Gasteiger partial charge in [0.25, 0.3) is 10.1 Å². The summed E-state index contributed by atoms with van der Waals surface area (Å²) in [4.78, 5) is 0.103. The molecule has 0 saturated heterocycles. The van der Waals surface area contributed by atoms with Gasteiger partial charge in [-0.1, -0.05) is 107 Å². The molecular weight excluding hydrogens is 500 g/mol. The highest BCUT2D eigenvalue weighted by molar-refractivity contribution is 9.10. The van der Waals surface area contributed by atoms with Crippen molar-refractivity contribution >= 4 is 26.0 Å². The van der Waals surface area contributed by atoms with Crippen molar-refractivity contribution in [1.82, 2.24) is 0 Å². The van der Waals surface area contributed by atoms with E-state index in [-0.39, 0.29) is 18.1 Å². The van der Waals surface area contributed by atoms with E-state index < -0.39 is 15.7 Å². The average Bonchev–Trinajstić information content (AvgIpc) is 2.86. The third-order valence-corrected chi connectivity index (χ3v) is 7.14. The lowest BCUT2D eigenvalue weighted by atomic mass is 9.80. The van der Waals surface area contributed by atoms with Gasteiger partial charge >= 0.3 is 0 Å². The Morgan fingerprint density at radius 2 is 1.03 bits per heavy atom. The van der Waals surface area contributed by atoms with Crippen molar-refractivity contribution in [2.45, 2.75) is 10.5 Å². The molecule has 0 fully saturated rings. The Labute approximate surface area is 203 Å². The highest BCUT2D eigenvalue weighted by Gasteiger charge is 2.37. The van der Waals surface area contributed by atoms with Crippen molar-refractivity contribution in [3.8, 4) is 0 Å². The molecule has 4 aromatic carbocycles. The molecule has 0 heterocycles. The lowest BCUT2D eigenvalue weighted by molar-refractivity contribution is -0.00155. The summed E-state index contributed by atoms with van der Waals surface area (Å²) in [5.41, 5.74) is 1.91. The molecule has 0 amide bonds. The Morgan fingerprint density at radius 1 is 0.606 bits per heavy atom. The van der Waals surface area contributed by atoms with E-state index in [4.69, 9.17) is 8.92 Å². The normalized spacial score (nSPS) is 11.9. The monoisotopic (exact) mass is 522 g/mol. The molecule has 0 radical (unpaired) electrons. The van der Waals surface area contributed by atoms with Gasteiger partial charge in [-0.05, 0) is 41.0 Å². The minimum Gasteiger partial charge on any atom is -0.358 e. The van der Waals surface area contributed by atoms with Gasteiger partial charge in [0.2, 0.25) is 0 Å². The second-order valence-corrected chi connectivity index (χ2v) is 9.89. The maximum absolute atomic E-state index is 12.6. The van der Waals surface area contributed by atoms with Gasteiger partial charge in [0, 0.05) is 4.47 Å². The van der Waals surface area contributed by atoms with Gasteiger partial charge in [-0.25, -0.2) is 0 Å². The fourth-order valence-electron chi connectivity index (χ4n) is 3.78. The number of hydrogen-bond donors (Lipinski definition) is 0. The molecule has 0 atom stereocenters. The molecule has 4 rings (SSSR count). The number of hydrogen-bond acceptors (Lipinski definition) is 4. The van der Waals surface area contributed by atoms with Crippen LogP contribution in [0.3, 0.4) is 0 Å². The molecular formula is C27H23BrO4S. The predicted octanol–water partition coefficient (Wildman–Crippen LogP) is 6.16. The maximum atomic E-state index is 12.6. The van der Waals surface area contributed by atoms with Gasteiger partial charge in [0.15, 0.2) is 0 Å². The molecule has 0 aromatic heterocycles. The molecule has 33 heavy (non-hydrogen) atoms. The van der Waals surface area contributed by atoms with Crippen LogP contribution in [0.15, 0.2) is 125 Å². The Kier molecular flexibility index (Phi) is 7.40. The fourth-order valence-corrected chi connectivity index (χ4v) is 4.93. The van der Waals surface area contributed by atoms with E-state index in [9.17, 15) is 8.42 Å². The first-order chi connectivity index (χ1) is 16.0. The lowest BCUT2D eigenvalue weighted by Gasteiger charge is -2.36. The van der Waals surface area contributed by atoms with Crippen LogP contribution in [0.1, 0.15) is 16.7 Å². The van der Waals surface area contributed by atoms with Crippen LogP contribution in [0.2, 0.25) is 0 Å². The molecule has 0 N–H and O–H groups in total. The summed E-state index contributed by atoms with van der Waals surface area (Å²) in [6.07, 6.45) is 0. The maximum Gasteiger partial charge on any atom is 0.297 e. The summed E-state index contributed by atoms with van der Waals surface area (Å²) in [5.74, 6) is 0. The SMILES string of the molecule is O=S(=O)(OCCOC(c1ccccc1)(c1ccccc1)c1ccccc1)c1ccc(Br)cc1. The number of benzene rings is 4. The summed E-state index contributed by atoms with van der Waals surface area (Å²) in [6.45, 7) is -0.0545. The van der Waals surface area contributed by atoms with E-state index in [2.05, 4.69) is 15.9 Å². The van der Waals surface area contributed by atoms with Crippen molar-refractivity contribution in [3.05, 3.63) is 136 Å². The molecule has 0 aliphatic carbocycles. The smallest absolute Gasteiger partial charge is 0.297 e. The Morgan fingerprint density at radius 3 is 1.45 bits per heavy atom. The van der Waals surface area contributed by atoms with Crippen LogP contribution >= 0.6 is 15.9 Å². The average molecular weight is 523 g/mol. The first-order valence-corrected chi connectivity index (χ1v) is 12.7. The van der Waals surface area contributed by atoms with E-state index in [1.807, 2.05) is 91.0 Å². The lowest BCUT2D eigenvalue weighted by Crippen LogP contribution is -2.34. The van der Waals surface area contributed by atoms with Crippen LogP contribution in [0, 0.1) is 0 Å². The second kappa shape index (κ2) is 10.4. The zero-order valence-electron chi connectivity index (χ0n) is 17.8. The summed E-state index contributed by atoms with van der Waals surface area (Å²) in [6, 6.07) is 36.1. The summed E-state index contributed by atoms with van der Waals surface area (Å²) in [7, 11) is -3.89. The van der Waals surface area contributed by atoms with Crippen LogP contribution in [-0.2, 0) is 24.6 Å². The molecule has 6 heteroatoms. The van der Waals surface area contributed by atoms with Crippen LogP contribution < -0.4 is 0 Å². The molecule has 0 aliphatic heterocycles. The molecule has 4 aromatic rings. The predicted molar refractivity (Wildman–Crippen MR) is 132 cm³/mol. The first kappa shape index (κ1) is 23.4. The van der Waals surface area contributed by atoms with Crippen molar-refractivity contribution in [2.24, 2.45) is 0 Å². The Bertz CT molecular complexity index is 1160. The van der Waals surface area contributed by atoms with E-state index in [1.165, 1.54) is 12.1 Å². The number of rotatable bonds is 9. The van der Waals surface area contributed by atoms with Crippen LogP contribution in [0.25, 0.3) is 0 Å². The molecule has 0 saturated carbocycles. The highest BCUT2D eigenvalue weighted by Crippen LogP contribution is 2.40. The van der Waals surface area contributed by atoms with Crippen molar-refractivity contribution < 1.29 is 17.3 Å². The quantitative estimate of drug-likeness (QED) is 0.150. The summed E-state index contributed by atoms with van der Waals surface area (Å²) >= 11 is 3.31. The molecule has 0 unspecified atom stereocenters. The summed E-state index contributed by atoms with van der Waals surface area (Å²) < 4.78 is 37.8. The van der Waals surface area contributed by atoms with Crippen LogP contribution in [-0.4, -0.2) is 21.6 Å². The molecule has 0 aliphatic rings. The third-order valence-electron chi connectivity index (χ3n) is 5.28. The van der Waals surface area contributed by atoms with Crippen LogP contribution in [0.4, 0.5) is 0 Å². The van der Waals surface area contributed by atoms with E-state index in [0.29, 0.717) is 0 Å². The minimum absolute atomic E-state index is 0.0639. The molecule has 0 spiro atoms. The van der Waals surface area contributed by atoms with E-state index in [0.717, 1.165) is 21.2 Å². The minimum atomic E-state index is -3.89. The molecule has 0 bridgehead atoms. The Hall–Kier alpha value is -2.77. The molecule has 4 nitrogen and oxygen atoms in total. The second-order valence-electron chi connectivity index (χ2n) is 7.36. The zero-order valence-corrected chi connectivity index (χ0v) is 20.2. The first-order valence-electron chi connectivity index (χ1n) is 10.5. The third kappa shape index (κ3) is 5.25. The summed E-state index contributed by atoms with van der Waals surface area (Å²) in [5, 5.41) is 0.